The van der Waals surface area contributed by atoms with Crippen molar-refractivity contribution in [2.24, 2.45) is 0 Å². The van der Waals surface area contributed by atoms with Crippen molar-refractivity contribution in [3.8, 4) is 0 Å². The van der Waals surface area contributed by atoms with E-state index >= 15 is 0 Å². The molecule has 2 heteroatoms. The molecule has 0 N–H and O–H groups in total. The molecule has 1 aliphatic heterocycles. The van der Waals surface area contributed by atoms with Crippen LogP contribution in [0.3, 0.4) is 0 Å². The molecule has 0 unspecified atom stereocenters. The fourth-order valence-electron chi connectivity index (χ4n) is 2.78. The quantitative estimate of drug-likeness (QED) is 0.629. The Bertz CT molecular complexity index is 283. The second kappa shape index (κ2) is 3.67. The standard InChI is InChI=1S/C12H21NSi/c1-11-7-6-8-12(11)14(2,3)13-9-4-5-10-13/h6,8H,4-5,7,9-10H2,1-3H3. The Morgan fingerprint density at radius 3 is 2.36 bits per heavy atom. The van der Waals surface area contributed by atoms with E-state index in [0.29, 0.717) is 0 Å². The minimum atomic E-state index is -1.27. The largest absolute Gasteiger partial charge is 0.320 e. The molecular formula is C12H21NSi. The third-order valence-electron chi connectivity index (χ3n) is 3.72. The fourth-order valence-corrected chi connectivity index (χ4v) is 6.23. The topological polar surface area (TPSA) is 3.24 Å². The van der Waals surface area contributed by atoms with Crippen LogP contribution in [0.25, 0.3) is 0 Å². The molecule has 0 aromatic rings. The van der Waals surface area contributed by atoms with E-state index in [1.165, 1.54) is 32.4 Å². The average Bonchev–Trinajstić information content (AvgIpc) is 2.72. The van der Waals surface area contributed by atoms with Crippen LogP contribution in [-0.4, -0.2) is 25.9 Å². The molecule has 1 aliphatic carbocycles. The molecule has 14 heavy (non-hydrogen) atoms. The number of nitrogens with zero attached hydrogens (tertiary/aromatic N) is 1. The van der Waals surface area contributed by atoms with Gasteiger partial charge in [-0.15, -0.1) is 0 Å². The van der Waals surface area contributed by atoms with Crippen molar-refractivity contribution in [2.45, 2.75) is 39.3 Å². The Labute approximate surface area is 88.6 Å². The highest BCUT2D eigenvalue weighted by atomic mass is 28.3. The van der Waals surface area contributed by atoms with Gasteiger partial charge in [-0.05, 0) is 44.5 Å². The number of hydrogen-bond acceptors (Lipinski definition) is 1. The summed E-state index contributed by atoms with van der Waals surface area (Å²) >= 11 is 0. The van der Waals surface area contributed by atoms with Crippen LogP contribution < -0.4 is 0 Å². The van der Waals surface area contributed by atoms with Gasteiger partial charge >= 0.3 is 0 Å². The van der Waals surface area contributed by atoms with Gasteiger partial charge in [0.15, 0.2) is 8.24 Å². The van der Waals surface area contributed by atoms with Crippen molar-refractivity contribution in [3.63, 3.8) is 0 Å². The highest BCUT2D eigenvalue weighted by Gasteiger charge is 2.35. The van der Waals surface area contributed by atoms with Gasteiger partial charge in [0, 0.05) is 0 Å². The third-order valence-corrected chi connectivity index (χ3v) is 7.66. The van der Waals surface area contributed by atoms with Crippen LogP contribution in [-0.2, 0) is 0 Å². The summed E-state index contributed by atoms with van der Waals surface area (Å²) in [6.07, 6.45) is 8.73. The Morgan fingerprint density at radius 1 is 1.21 bits per heavy atom. The second-order valence-electron chi connectivity index (χ2n) is 5.05. The van der Waals surface area contributed by atoms with Crippen LogP contribution in [0.4, 0.5) is 0 Å². The van der Waals surface area contributed by atoms with E-state index < -0.39 is 8.24 Å². The first kappa shape index (κ1) is 10.2. The SMILES string of the molecule is CC1=C([Si](C)(C)N2CCCC2)C=CC1. The lowest BCUT2D eigenvalue weighted by atomic mass is 10.3. The minimum absolute atomic E-state index is 1.19. The molecule has 2 rings (SSSR count). The van der Waals surface area contributed by atoms with Crippen LogP contribution in [0.2, 0.25) is 13.1 Å². The van der Waals surface area contributed by atoms with Crippen molar-refractivity contribution in [2.75, 3.05) is 13.1 Å². The maximum Gasteiger partial charge on any atom is 0.154 e. The molecule has 0 aromatic heterocycles. The van der Waals surface area contributed by atoms with Gasteiger partial charge in [-0.2, -0.15) is 0 Å². The van der Waals surface area contributed by atoms with Crippen LogP contribution in [0.5, 0.6) is 0 Å². The smallest absolute Gasteiger partial charge is 0.154 e. The molecule has 1 nitrogen and oxygen atoms in total. The number of rotatable bonds is 2. The second-order valence-corrected chi connectivity index (χ2v) is 9.34. The van der Waals surface area contributed by atoms with Crippen molar-refractivity contribution in [1.82, 2.24) is 4.57 Å². The summed E-state index contributed by atoms with van der Waals surface area (Å²) in [5, 5.41) is 1.69. The molecule has 0 bridgehead atoms. The molecule has 0 radical (unpaired) electrons. The van der Waals surface area contributed by atoms with Gasteiger partial charge in [0.1, 0.15) is 0 Å². The van der Waals surface area contributed by atoms with E-state index in [0.717, 1.165) is 0 Å². The van der Waals surface area contributed by atoms with Gasteiger partial charge in [-0.1, -0.05) is 30.8 Å². The predicted molar refractivity (Wildman–Crippen MR) is 64.7 cm³/mol. The van der Waals surface area contributed by atoms with Crippen molar-refractivity contribution >= 4 is 8.24 Å². The van der Waals surface area contributed by atoms with Crippen molar-refractivity contribution in [1.29, 1.82) is 0 Å². The third kappa shape index (κ3) is 1.61. The first-order valence-corrected chi connectivity index (χ1v) is 8.69. The summed E-state index contributed by atoms with van der Waals surface area (Å²) in [4.78, 5) is 0. The summed E-state index contributed by atoms with van der Waals surface area (Å²) < 4.78 is 2.77. The highest BCUT2D eigenvalue weighted by molar-refractivity contribution is 6.82. The number of hydrogen-bond donors (Lipinski definition) is 0. The average molecular weight is 207 g/mol. The Hall–Kier alpha value is -0.343. The van der Waals surface area contributed by atoms with Gasteiger partial charge in [0.25, 0.3) is 0 Å². The maximum absolute atomic E-state index is 2.77. The van der Waals surface area contributed by atoms with Crippen LogP contribution in [0, 0.1) is 0 Å². The molecule has 78 valence electrons. The molecule has 0 amide bonds. The van der Waals surface area contributed by atoms with Gasteiger partial charge in [-0.25, -0.2) is 0 Å². The first-order chi connectivity index (χ1) is 6.62. The van der Waals surface area contributed by atoms with Gasteiger partial charge in [-0.3, -0.25) is 0 Å². The molecule has 1 heterocycles. The molecule has 0 atom stereocenters. The molecular weight excluding hydrogens is 186 g/mol. The zero-order valence-corrected chi connectivity index (χ0v) is 10.6. The predicted octanol–water partition coefficient (Wildman–Crippen LogP) is 3.10. The molecule has 1 fully saturated rings. The summed E-state index contributed by atoms with van der Waals surface area (Å²) in [5.41, 5.74) is 1.62. The van der Waals surface area contributed by atoms with E-state index in [9.17, 15) is 0 Å². The van der Waals surface area contributed by atoms with Crippen molar-refractivity contribution in [3.05, 3.63) is 22.9 Å². The highest BCUT2D eigenvalue weighted by Crippen LogP contribution is 2.31. The van der Waals surface area contributed by atoms with Gasteiger partial charge in [0.05, 0.1) is 0 Å². The monoisotopic (exact) mass is 207 g/mol. The van der Waals surface area contributed by atoms with Crippen LogP contribution in [0.1, 0.15) is 26.2 Å². The van der Waals surface area contributed by atoms with Crippen molar-refractivity contribution < 1.29 is 0 Å². The van der Waals surface area contributed by atoms with E-state index in [1.807, 2.05) is 0 Å². The zero-order valence-electron chi connectivity index (χ0n) is 9.64. The molecule has 0 spiro atoms. The Morgan fingerprint density at radius 2 is 1.86 bits per heavy atom. The molecule has 0 aromatic carbocycles. The maximum atomic E-state index is 2.77. The summed E-state index contributed by atoms with van der Waals surface area (Å²) in [6.45, 7) is 9.99. The van der Waals surface area contributed by atoms with E-state index in [2.05, 4.69) is 36.7 Å². The lowest BCUT2D eigenvalue weighted by molar-refractivity contribution is 0.526. The van der Waals surface area contributed by atoms with Gasteiger partial charge < -0.3 is 4.57 Å². The van der Waals surface area contributed by atoms with E-state index in [-0.39, 0.29) is 0 Å². The fraction of sp³-hybridized carbons (Fsp3) is 0.667. The lowest BCUT2D eigenvalue weighted by Crippen LogP contribution is -2.48. The summed E-state index contributed by atoms with van der Waals surface area (Å²) in [5.74, 6) is 0. The van der Waals surface area contributed by atoms with Crippen LogP contribution >= 0.6 is 0 Å². The first-order valence-electron chi connectivity index (χ1n) is 5.74. The van der Waals surface area contributed by atoms with E-state index in [1.54, 1.807) is 10.8 Å². The summed E-state index contributed by atoms with van der Waals surface area (Å²) in [7, 11) is -1.27. The normalized spacial score (nSPS) is 23.9. The molecule has 0 saturated carbocycles. The Balaban J connectivity index is 2.22. The summed E-state index contributed by atoms with van der Waals surface area (Å²) in [6, 6.07) is 0. The zero-order chi connectivity index (χ0) is 10.2. The Kier molecular flexibility index (Phi) is 2.67. The minimum Gasteiger partial charge on any atom is -0.320 e. The number of allylic oxidation sites excluding steroid dienone is 4. The van der Waals surface area contributed by atoms with Gasteiger partial charge in [0.2, 0.25) is 0 Å². The van der Waals surface area contributed by atoms with E-state index in [4.69, 9.17) is 0 Å². The molecule has 2 aliphatic rings. The van der Waals surface area contributed by atoms with Crippen LogP contribution in [0.15, 0.2) is 22.9 Å². The molecule has 1 saturated heterocycles. The lowest BCUT2D eigenvalue weighted by Gasteiger charge is -2.34.